The molecule has 0 aliphatic heterocycles. The number of hydrogen-bond acceptors (Lipinski definition) is 4. The summed E-state index contributed by atoms with van der Waals surface area (Å²) >= 11 is 11.8. The molecule has 0 fully saturated rings. The minimum atomic E-state index is -3.72. The van der Waals surface area contributed by atoms with E-state index in [1.54, 1.807) is 24.3 Å². The summed E-state index contributed by atoms with van der Waals surface area (Å²) in [6, 6.07) is 13.6. The highest BCUT2D eigenvalue weighted by Gasteiger charge is 2.15. The predicted molar refractivity (Wildman–Crippen MR) is 104 cm³/mol. The topological polar surface area (TPSA) is 88.4 Å². The summed E-state index contributed by atoms with van der Waals surface area (Å²) in [5.74, 6) is 0.0945. The van der Waals surface area contributed by atoms with Gasteiger partial charge in [0.25, 0.3) is 5.91 Å². The van der Waals surface area contributed by atoms with E-state index >= 15 is 0 Å². The summed E-state index contributed by atoms with van der Waals surface area (Å²) in [6.45, 7) is 0.0366. The second-order valence-electron chi connectivity index (χ2n) is 5.51. The van der Waals surface area contributed by atoms with Crippen LogP contribution in [0.1, 0.15) is 16.1 Å². The molecule has 0 saturated carbocycles. The third-order valence-corrected chi connectivity index (χ3v) is 5.78. The van der Waals surface area contributed by atoms with Crippen molar-refractivity contribution in [3.63, 3.8) is 0 Å². The van der Waals surface area contributed by atoms with Gasteiger partial charge in [0.2, 0.25) is 10.0 Å². The van der Waals surface area contributed by atoms with Crippen molar-refractivity contribution in [3.8, 4) is 0 Å². The largest absolute Gasteiger partial charge is 0.468 e. The zero-order valence-electron chi connectivity index (χ0n) is 13.8. The van der Waals surface area contributed by atoms with Gasteiger partial charge in [-0.3, -0.25) is 4.79 Å². The molecule has 0 aliphatic carbocycles. The van der Waals surface area contributed by atoms with E-state index in [0.717, 1.165) is 0 Å². The number of furan rings is 1. The van der Waals surface area contributed by atoms with Crippen LogP contribution in [-0.2, 0) is 16.6 Å². The summed E-state index contributed by atoms with van der Waals surface area (Å²) in [5, 5.41) is 3.37. The van der Waals surface area contributed by atoms with Crippen molar-refractivity contribution in [1.82, 2.24) is 4.72 Å². The number of amides is 1. The molecule has 27 heavy (non-hydrogen) atoms. The number of carbonyl (C=O) groups is 1. The number of carbonyl (C=O) groups excluding carboxylic acids is 1. The second-order valence-corrected chi connectivity index (χ2v) is 8.09. The third kappa shape index (κ3) is 4.90. The minimum Gasteiger partial charge on any atom is -0.468 e. The van der Waals surface area contributed by atoms with Gasteiger partial charge in [0.15, 0.2) is 0 Å². The molecule has 0 unspecified atom stereocenters. The van der Waals surface area contributed by atoms with Crippen LogP contribution in [0.4, 0.5) is 5.69 Å². The van der Waals surface area contributed by atoms with Crippen molar-refractivity contribution >= 4 is 44.8 Å². The standard InChI is InChI=1S/C18H14Cl2N2O4S/c19-16-8-5-13(10-17(16)20)22-18(23)12-3-6-15(7-4-12)27(24,25)21-11-14-2-1-9-26-14/h1-10,21H,11H2,(H,22,23). The normalized spacial score (nSPS) is 11.3. The number of anilines is 1. The van der Waals surface area contributed by atoms with Gasteiger partial charge in [-0.2, -0.15) is 0 Å². The van der Waals surface area contributed by atoms with Gasteiger partial charge in [-0.15, -0.1) is 0 Å². The van der Waals surface area contributed by atoms with Crippen molar-refractivity contribution in [1.29, 1.82) is 0 Å². The summed E-state index contributed by atoms with van der Waals surface area (Å²) in [5.41, 5.74) is 0.775. The van der Waals surface area contributed by atoms with Crippen LogP contribution in [0.5, 0.6) is 0 Å². The molecule has 1 heterocycles. The molecule has 0 spiro atoms. The smallest absolute Gasteiger partial charge is 0.255 e. The molecule has 1 aromatic heterocycles. The van der Waals surface area contributed by atoms with Crippen molar-refractivity contribution in [2.75, 3.05) is 5.32 Å². The monoisotopic (exact) mass is 424 g/mol. The zero-order chi connectivity index (χ0) is 19.4. The van der Waals surface area contributed by atoms with Gasteiger partial charge in [-0.1, -0.05) is 23.2 Å². The van der Waals surface area contributed by atoms with E-state index in [1.165, 1.54) is 36.6 Å². The fraction of sp³-hybridized carbons (Fsp3) is 0.0556. The van der Waals surface area contributed by atoms with Crippen LogP contribution >= 0.6 is 23.2 Å². The highest BCUT2D eigenvalue weighted by Crippen LogP contribution is 2.25. The minimum absolute atomic E-state index is 0.0366. The average molecular weight is 425 g/mol. The molecular weight excluding hydrogens is 411 g/mol. The summed E-state index contributed by atoms with van der Waals surface area (Å²) in [4.78, 5) is 12.3. The fourth-order valence-electron chi connectivity index (χ4n) is 2.23. The van der Waals surface area contributed by atoms with Gasteiger partial charge in [-0.25, -0.2) is 13.1 Å². The third-order valence-electron chi connectivity index (χ3n) is 3.62. The SMILES string of the molecule is O=C(Nc1ccc(Cl)c(Cl)c1)c1ccc(S(=O)(=O)NCc2ccco2)cc1. The number of nitrogens with one attached hydrogen (secondary N) is 2. The molecule has 1 amide bonds. The lowest BCUT2D eigenvalue weighted by molar-refractivity contribution is 0.102. The van der Waals surface area contributed by atoms with Gasteiger partial charge in [0, 0.05) is 11.3 Å². The predicted octanol–water partition coefficient (Wildman–Crippen LogP) is 4.32. The Kier molecular flexibility index (Phi) is 5.86. The molecule has 140 valence electrons. The van der Waals surface area contributed by atoms with E-state index in [0.29, 0.717) is 27.1 Å². The van der Waals surface area contributed by atoms with E-state index in [1.807, 2.05) is 0 Å². The van der Waals surface area contributed by atoms with Gasteiger partial charge >= 0.3 is 0 Å². The number of halogens is 2. The van der Waals surface area contributed by atoms with Crippen LogP contribution in [0.3, 0.4) is 0 Å². The van der Waals surface area contributed by atoms with Gasteiger partial charge in [0.05, 0.1) is 27.7 Å². The van der Waals surface area contributed by atoms with Crippen LogP contribution in [0.25, 0.3) is 0 Å². The molecule has 3 rings (SSSR count). The maximum absolute atomic E-state index is 12.3. The summed E-state index contributed by atoms with van der Waals surface area (Å²) in [7, 11) is -3.72. The Bertz CT molecular complexity index is 1050. The van der Waals surface area contributed by atoms with Crippen LogP contribution in [0.15, 0.2) is 70.2 Å². The fourth-order valence-corrected chi connectivity index (χ4v) is 3.52. The first-order chi connectivity index (χ1) is 12.8. The molecule has 0 saturated heterocycles. The summed E-state index contributed by atoms with van der Waals surface area (Å²) in [6.07, 6.45) is 1.46. The molecule has 3 aromatic rings. The van der Waals surface area contributed by atoms with E-state index in [-0.39, 0.29) is 11.4 Å². The van der Waals surface area contributed by atoms with Crippen molar-refractivity contribution in [3.05, 3.63) is 82.2 Å². The van der Waals surface area contributed by atoms with Gasteiger partial charge < -0.3 is 9.73 Å². The highest BCUT2D eigenvalue weighted by atomic mass is 35.5. The van der Waals surface area contributed by atoms with E-state index in [9.17, 15) is 13.2 Å². The number of rotatable bonds is 6. The first-order valence-corrected chi connectivity index (χ1v) is 9.97. The number of sulfonamides is 1. The Morgan fingerprint density at radius 3 is 2.37 bits per heavy atom. The molecular formula is C18H14Cl2N2O4S. The molecule has 6 nitrogen and oxygen atoms in total. The molecule has 0 aliphatic rings. The molecule has 0 bridgehead atoms. The number of hydrogen-bond donors (Lipinski definition) is 2. The lowest BCUT2D eigenvalue weighted by Gasteiger charge is -2.08. The van der Waals surface area contributed by atoms with E-state index < -0.39 is 15.9 Å². The van der Waals surface area contributed by atoms with Gasteiger partial charge in [0.1, 0.15) is 5.76 Å². The highest BCUT2D eigenvalue weighted by molar-refractivity contribution is 7.89. The quantitative estimate of drug-likeness (QED) is 0.616. The Hall–Kier alpha value is -2.32. The Balaban J connectivity index is 1.68. The molecule has 2 N–H and O–H groups in total. The molecule has 0 atom stereocenters. The van der Waals surface area contributed by atoms with Crippen LogP contribution in [0, 0.1) is 0 Å². The zero-order valence-corrected chi connectivity index (χ0v) is 16.1. The second kappa shape index (κ2) is 8.14. The van der Waals surface area contributed by atoms with Crippen LogP contribution < -0.4 is 10.0 Å². The lowest BCUT2D eigenvalue weighted by Crippen LogP contribution is -2.23. The van der Waals surface area contributed by atoms with Crippen molar-refractivity contribution < 1.29 is 17.6 Å². The molecule has 2 aromatic carbocycles. The summed E-state index contributed by atoms with van der Waals surface area (Å²) < 4.78 is 32.1. The van der Waals surface area contributed by atoms with E-state index in [4.69, 9.17) is 27.6 Å². The van der Waals surface area contributed by atoms with E-state index in [2.05, 4.69) is 10.0 Å². The first-order valence-electron chi connectivity index (χ1n) is 7.74. The maximum atomic E-state index is 12.3. The van der Waals surface area contributed by atoms with Crippen molar-refractivity contribution in [2.45, 2.75) is 11.4 Å². The Morgan fingerprint density at radius 1 is 1.00 bits per heavy atom. The maximum Gasteiger partial charge on any atom is 0.255 e. The molecule has 0 radical (unpaired) electrons. The average Bonchev–Trinajstić information content (AvgIpc) is 3.17. The Labute approximate surface area is 166 Å². The van der Waals surface area contributed by atoms with Gasteiger partial charge in [-0.05, 0) is 54.6 Å². The number of benzene rings is 2. The van der Waals surface area contributed by atoms with Crippen LogP contribution in [0.2, 0.25) is 10.0 Å². The lowest BCUT2D eigenvalue weighted by atomic mass is 10.2. The first kappa shape index (κ1) is 19.4. The molecule has 9 heteroatoms. The van der Waals surface area contributed by atoms with Crippen molar-refractivity contribution in [2.24, 2.45) is 0 Å². The Morgan fingerprint density at radius 2 is 1.74 bits per heavy atom. The van der Waals surface area contributed by atoms with Crippen LogP contribution in [-0.4, -0.2) is 14.3 Å².